The molecule has 0 radical (unpaired) electrons. The highest BCUT2D eigenvalue weighted by Gasteiger charge is 2.24. The van der Waals surface area contributed by atoms with Crippen LogP contribution in [-0.4, -0.2) is 37.9 Å². The summed E-state index contributed by atoms with van der Waals surface area (Å²) in [5.41, 5.74) is 1.18. The van der Waals surface area contributed by atoms with Gasteiger partial charge >= 0.3 is 0 Å². The molecule has 1 nitrogen and oxygen atoms in total. The molecule has 0 N–H and O–H groups in total. The first-order valence-electron chi connectivity index (χ1n) is 11.6. The zero-order valence-corrected chi connectivity index (χ0v) is 18.6. The van der Waals surface area contributed by atoms with Crippen molar-refractivity contribution in [3.8, 4) is 0 Å². The van der Waals surface area contributed by atoms with Gasteiger partial charge in [0, 0.05) is 0 Å². The zero-order chi connectivity index (χ0) is 19.7. The third-order valence-electron chi connectivity index (χ3n) is 5.50. The Hall–Kier alpha value is -0.825. The molecule has 1 aromatic rings. The first kappa shape index (κ1) is 25.2. The van der Waals surface area contributed by atoms with Crippen LogP contribution in [0.25, 0.3) is 0 Å². The average Bonchev–Trinajstić information content (AvgIpc) is 2.67. The van der Waals surface area contributed by atoms with E-state index in [0.29, 0.717) is 0 Å². The third kappa shape index (κ3) is 11.7. The molecule has 0 aromatic heterocycles. The van der Waals surface area contributed by atoms with Gasteiger partial charge in [-0.15, -0.1) is 0 Å². The van der Waals surface area contributed by atoms with Crippen molar-refractivity contribution in [2.75, 3.05) is 26.2 Å². The minimum absolute atomic E-state index is 0.0631. The molecule has 152 valence electrons. The second-order valence-corrected chi connectivity index (χ2v) is 7.95. The Labute approximate surface area is 164 Å². The van der Waals surface area contributed by atoms with Gasteiger partial charge in [0.05, 0.1) is 26.2 Å². The van der Waals surface area contributed by atoms with Crippen LogP contribution in [0.4, 0.5) is 4.39 Å². The van der Waals surface area contributed by atoms with Crippen LogP contribution in [-0.2, 0) is 0 Å². The van der Waals surface area contributed by atoms with Crippen LogP contribution in [0.2, 0.25) is 6.82 Å². The van der Waals surface area contributed by atoms with Gasteiger partial charge in [-0.1, -0.05) is 71.6 Å². The molecule has 1 aromatic carbocycles. The molecule has 0 bridgehead atoms. The van der Waals surface area contributed by atoms with E-state index in [4.69, 9.17) is 0 Å². The molecule has 0 saturated heterocycles. The second-order valence-electron chi connectivity index (χ2n) is 7.95. The van der Waals surface area contributed by atoms with Crippen LogP contribution >= 0.6 is 0 Å². The second kappa shape index (κ2) is 16.4. The molecule has 0 unspecified atom stereocenters. The Kier molecular flexibility index (Phi) is 15.8. The molecule has 0 spiro atoms. The SMILES string of the molecule is CCCC[N+](CCCC)(CCCC)CCCC.C[BH2-]c1cccc(F)c1. The molecule has 1 rings (SSSR count). The normalized spacial score (nSPS) is 11.2. The molecule has 0 fully saturated rings. The number of quaternary nitrogens is 1. The highest BCUT2D eigenvalue weighted by Crippen LogP contribution is 2.16. The molecule has 3 heteroatoms. The predicted molar refractivity (Wildman–Crippen MR) is 120 cm³/mol. The van der Waals surface area contributed by atoms with E-state index in [1.54, 1.807) is 12.1 Å². The largest absolute Gasteiger partial charge is 0.324 e. The molecule has 0 amide bonds. The minimum Gasteiger partial charge on any atom is -0.324 e. The van der Waals surface area contributed by atoms with Crippen LogP contribution < -0.4 is 5.46 Å². The maximum Gasteiger partial charge on any atom is 0.120 e. The number of rotatable bonds is 13. The van der Waals surface area contributed by atoms with Crippen LogP contribution in [0.15, 0.2) is 24.3 Å². The molecule has 0 saturated carbocycles. The lowest BCUT2D eigenvalue weighted by Gasteiger charge is -2.39. The van der Waals surface area contributed by atoms with E-state index in [1.807, 2.05) is 6.07 Å². The standard InChI is InChI=1S/C16H36N.C7H9BF/c1-5-9-13-17(14-10-6-2,15-11-7-3)16-12-8-4;1-8-6-3-2-4-7(9)5-6/h5-16H2,1-4H3;2-5H,8H2,1H3/q+1;-1. The molecule has 0 atom stereocenters. The fraction of sp³-hybridized carbons (Fsp3) is 0.739. The maximum atomic E-state index is 12.4. The third-order valence-corrected chi connectivity index (χ3v) is 5.50. The summed E-state index contributed by atoms with van der Waals surface area (Å²) in [6.45, 7) is 17.2. The first-order chi connectivity index (χ1) is 12.6. The van der Waals surface area contributed by atoms with Crippen molar-refractivity contribution in [1.29, 1.82) is 0 Å². The van der Waals surface area contributed by atoms with E-state index < -0.39 is 0 Å². The number of hydrogen-bond acceptors (Lipinski definition) is 0. The van der Waals surface area contributed by atoms with Gasteiger partial charge in [0.2, 0.25) is 0 Å². The molecule has 26 heavy (non-hydrogen) atoms. The van der Waals surface area contributed by atoms with Gasteiger partial charge in [-0.2, -0.15) is 6.82 Å². The van der Waals surface area contributed by atoms with Crippen molar-refractivity contribution in [1.82, 2.24) is 0 Å². The Balaban J connectivity index is 0.000000577. The number of unbranched alkanes of at least 4 members (excludes halogenated alkanes) is 4. The molecular formula is C23H45BFN. The lowest BCUT2D eigenvalue weighted by Crippen LogP contribution is -2.50. The maximum absolute atomic E-state index is 12.4. The summed E-state index contributed by atoms with van der Waals surface area (Å²) in [6, 6.07) is 6.83. The van der Waals surface area contributed by atoms with E-state index in [0.717, 1.165) is 0 Å². The topological polar surface area (TPSA) is 0 Å². The highest BCUT2D eigenvalue weighted by molar-refractivity contribution is 6.51. The highest BCUT2D eigenvalue weighted by atomic mass is 19.1. The Morgan fingerprint density at radius 2 is 1.19 bits per heavy atom. The molecule has 0 aliphatic rings. The summed E-state index contributed by atoms with van der Waals surface area (Å²) < 4.78 is 13.8. The van der Waals surface area contributed by atoms with Gasteiger partial charge in [0.25, 0.3) is 0 Å². The smallest absolute Gasteiger partial charge is 0.120 e. The van der Waals surface area contributed by atoms with Gasteiger partial charge in [0.15, 0.2) is 0 Å². The van der Waals surface area contributed by atoms with E-state index in [-0.39, 0.29) is 13.1 Å². The quantitative estimate of drug-likeness (QED) is 0.312. The number of benzene rings is 1. The van der Waals surface area contributed by atoms with Gasteiger partial charge in [-0.3, -0.25) is 0 Å². The van der Waals surface area contributed by atoms with Crippen molar-refractivity contribution in [3.63, 3.8) is 0 Å². The van der Waals surface area contributed by atoms with Crippen LogP contribution in [0.3, 0.4) is 0 Å². The lowest BCUT2D eigenvalue weighted by molar-refractivity contribution is -0.929. The molecular weight excluding hydrogens is 320 g/mol. The van der Waals surface area contributed by atoms with Crippen molar-refractivity contribution in [2.45, 2.75) is 85.9 Å². The van der Waals surface area contributed by atoms with E-state index in [1.165, 1.54) is 93.6 Å². The summed E-state index contributed by atoms with van der Waals surface area (Å²) in [4.78, 5) is 0. The van der Waals surface area contributed by atoms with Crippen molar-refractivity contribution in [2.24, 2.45) is 0 Å². The monoisotopic (exact) mass is 365 g/mol. The molecule has 0 aliphatic heterocycles. The number of halogens is 1. The summed E-state index contributed by atoms with van der Waals surface area (Å²) in [5.74, 6) is -0.113. The van der Waals surface area contributed by atoms with Gasteiger partial charge < -0.3 is 4.48 Å². The van der Waals surface area contributed by atoms with E-state index in [9.17, 15) is 4.39 Å². The average molecular weight is 365 g/mol. The van der Waals surface area contributed by atoms with E-state index in [2.05, 4.69) is 34.5 Å². The van der Waals surface area contributed by atoms with Crippen LogP contribution in [0, 0.1) is 5.82 Å². The summed E-state index contributed by atoms with van der Waals surface area (Å²) in [7, 11) is -0.0631. The number of nitrogens with zero attached hydrogens (tertiary/aromatic N) is 1. The Bertz CT molecular complexity index is 398. The fourth-order valence-electron chi connectivity index (χ4n) is 3.56. The van der Waals surface area contributed by atoms with Crippen LogP contribution in [0.5, 0.6) is 0 Å². The minimum atomic E-state index is -0.113. The number of hydrogen-bond donors (Lipinski definition) is 0. The van der Waals surface area contributed by atoms with Crippen molar-refractivity contribution >= 4 is 12.7 Å². The van der Waals surface area contributed by atoms with Gasteiger partial charge in [0.1, 0.15) is 5.82 Å². The summed E-state index contributed by atoms with van der Waals surface area (Å²) in [5, 5.41) is 0. The van der Waals surface area contributed by atoms with Crippen LogP contribution in [0.1, 0.15) is 79.1 Å². The van der Waals surface area contributed by atoms with Crippen molar-refractivity contribution in [3.05, 3.63) is 30.1 Å². The lowest BCUT2D eigenvalue weighted by atomic mass is 9.73. The van der Waals surface area contributed by atoms with E-state index >= 15 is 0 Å². The van der Waals surface area contributed by atoms with Gasteiger partial charge in [-0.05, 0) is 39.0 Å². The summed E-state index contributed by atoms with van der Waals surface area (Å²) in [6.07, 6.45) is 11.1. The summed E-state index contributed by atoms with van der Waals surface area (Å²) >= 11 is 0. The molecule has 0 heterocycles. The van der Waals surface area contributed by atoms with Gasteiger partial charge in [-0.25, -0.2) is 9.85 Å². The Morgan fingerprint density at radius 1 is 0.769 bits per heavy atom. The molecule has 0 aliphatic carbocycles. The predicted octanol–water partition coefficient (Wildman–Crippen LogP) is 5.67. The first-order valence-corrected chi connectivity index (χ1v) is 11.6. The fourth-order valence-corrected chi connectivity index (χ4v) is 3.56. The zero-order valence-electron chi connectivity index (χ0n) is 18.6. The Morgan fingerprint density at radius 3 is 1.46 bits per heavy atom. The van der Waals surface area contributed by atoms with Crippen molar-refractivity contribution < 1.29 is 8.87 Å².